The first kappa shape index (κ1) is 8.17. The predicted octanol–water partition coefficient (Wildman–Crippen LogP) is 0.840. The zero-order chi connectivity index (χ0) is 5.11. The Labute approximate surface area is 67.5 Å². The van der Waals surface area contributed by atoms with Gasteiger partial charge in [0.1, 0.15) is 0 Å². The van der Waals surface area contributed by atoms with E-state index in [0.29, 0.717) is 0 Å². The second kappa shape index (κ2) is 4.09. The van der Waals surface area contributed by atoms with Gasteiger partial charge in [-0.3, -0.25) is 0 Å². The Balaban J connectivity index is 0.000000490. The summed E-state index contributed by atoms with van der Waals surface area (Å²) in [5, 5.41) is 0. The molecule has 0 fully saturated rings. The van der Waals surface area contributed by atoms with Gasteiger partial charge in [-0.25, -0.2) is 0 Å². The van der Waals surface area contributed by atoms with E-state index in [-0.39, 0.29) is 11.0 Å². The Morgan fingerprint density at radius 1 is 1.00 bits per heavy atom. The van der Waals surface area contributed by atoms with Crippen molar-refractivity contribution < 1.29 is 0 Å². The van der Waals surface area contributed by atoms with Gasteiger partial charge >= 0.3 is 0 Å². The summed E-state index contributed by atoms with van der Waals surface area (Å²) in [5.74, 6) is 0. The molecule has 0 amide bonds. The van der Waals surface area contributed by atoms with Crippen LogP contribution in [0, 0.1) is 3.57 Å². The first-order valence-electron chi connectivity index (χ1n) is 2.10. The lowest BCUT2D eigenvalue weighted by Gasteiger charge is -1.80. The lowest BCUT2D eigenvalue weighted by Crippen LogP contribution is -1.61. The third-order valence-corrected chi connectivity index (χ3v) is 1.45. The van der Waals surface area contributed by atoms with Crippen LogP contribution in [0.5, 0.6) is 0 Å². The van der Waals surface area contributed by atoms with Crippen molar-refractivity contribution in [1.29, 1.82) is 0 Å². The highest BCUT2D eigenvalue weighted by molar-refractivity contribution is 14.1. The van der Waals surface area contributed by atoms with Crippen LogP contribution in [-0.2, 0) is 0 Å². The minimum absolute atomic E-state index is 0. The highest BCUT2D eigenvalue weighted by atomic mass is 127. The quantitative estimate of drug-likeness (QED) is 0.462. The fourth-order valence-electron chi connectivity index (χ4n) is 0.415. The summed E-state index contributed by atoms with van der Waals surface area (Å²) in [7, 11) is 0. The highest BCUT2D eigenvalue weighted by Crippen LogP contribution is 1.99. The van der Waals surface area contributed by atoms with Crippen LogP contribution in [-0.4, -0.2) is 11.0 Å². The molecule has 1 aromatic rings. The maximum absolute atomic E-state index is 2.28. The Morgan fingerprint density at radius 3 is 1.75 bits per heavy atom. The van der Waals surface area contributed by atoms with E-state index in [0.717, 1.165) is 0 Å². The molecule has 0 atom stereocenters. The number of hydrogen-bond acceptors (Lipinski definition) is 0. The highest BCUT2D eigenvalue weighted by Gasteiger charge is 1.74. The van der Waals surface area contributed by atoms with Crippen LogP contribution >= 0.6 is 22.6 Å². The maximum Gasteiger partial charge on any atom is 0.0130 e. The summed E-state index contributed by atoms with van der Waals surface area (Å²) < 4.78 is 1.29. The average molecular weight is 236 g/mol. The zero-order valence-electron chi connectivity index (χ0n) is 3.76. The summed E-state index contributed by atoms with van der Waals surface area (Å²) in [6.07, 6.45) is 0. The molecule has 0 saturated heterocycles. The van der Waals surface area contributed by atoms with Crippen molar-refractivity contribution in [3.05, 3.63) is 33.9 Å². The summed E-state index contributed by atoms with van der Waals surface area (Å²) in [6, 6.07) is 10.2. The molecule has 0 N–H and O–H groups in total. The van der Waals surface area contributed by atoms with E-state index in [1.165, 1.54) is 3.57 Å². The molecule has 8 heavy (non-hydrogen) atoms. The molecular formula is C6H9ISi. The van der Waals surface area contributed by atoms with E-state index in [1.54, 1.807) is 0 Å². The van der Waals surface area contributed by atoms with E-state index in [4.69, 9.17) is 0 Å². The molecule has 0 unspecified atom stereocenters. The van der Waals surface area contributed by atoms with Gasteiger partial charge in [-0.2, -0.15) is 0 Å². The molecule has 44 valence electrons. The minimum atomic E-state index is 0. The van der Waals surface area contributed by atoms with Crippen molar-refractivity contribution >= 4 is 33.6 Å². The number of benzene rings is 1. The normalized spacial score (nSPS) is 7.62. The molecule has 0 radical (unpaired) electrons. The van der Waals surface area contributed by atoms with Crippen LogP contribution in [0.4, 0.5) is 0 Å². The van der Waals surface area contributed by atoms with E-state index < -0.39 is 0 Å². The summed E-state index contributed by atoms with van der Waals surface area (Å²) in [4.78, 5) is 0. The number of halogens is 1. The van der Waals surface area contributed by atoms with Gasteiger partial charge in [-0.05, 0) is 45.7 Å². The van der Waals surface area contributed by atoms with Crippen molar-refractivity contribution in [2.24, 2.45) is 0 Å². The molecule has 0 aliphatic carbocycles. The van der Waals surface area contributed by atoms with Crippen molar-refractivity contribution in [3.8, 4) is 0 Å². The molecular weight excluding hydrogens is 227 g/mol. The Bertz CT molecular complexity index is 138. The standard InChI is InChI=1S/C6H5I.H4Si/c7-6-4-2-1-3-5-6;/h1-5H;1H4. The first-order valence-corrected chi connectivity index (χ1v) is 3.18. The Morgan fingerprint density at radius 2 is 1.50 bits per heavy atom. The van der Waals surface area contributed by atoms with Crippen LogP contribution < -0.4 is 0 Å². The Hall–Kier alpha value is 0.167. The molecule has 0 aliphatic heterocycles. The number of hydrogen-bond donors (Lipinski definition) is 0. The fourth-order valence-corrected chi connectivity index (χ4v) is 0.830. The first-order chi connectivity index (χ1) is 3.39. The van der Waals surface area contributed by atoms with E-state index >= 15 is 0 Å². The minimum Gasteiger partial charge on any atom is -0.0622 e. The molecule has 0 aromatic heterocycles. The topological polar surface area (TPSA) is 0 Å². The average Bonchev–Trinajstić information content (AvgIpc) is 1.69. The van der Waals surface area contributed by atoms with Crippen LogP contribution in [0.2, 0.25) is 0 Å². The Kier molecular flexibility index (Phi) is 4.17. The van der Waals surface area contributed by atoms with Crippen molar-refractivity contribution in [2.75, 3.05) is 0 Å². The predicted molar refractivity (Wildman–Crippen MR) is 50.5 cm³/mol. The third-order valence-electron chi connectivity index (χ3n) is 0.733. The van der Waals surface area contributed by atoms with E-state index in [9.17, 15) is 0 Å². The fraction of sp³-hybridized carbons (Fsp3) is 0. The second-order valence-electron chi connectivity index (χ2n) is 1.30. The molecule has 0 saturated carbocycles. The number of rotatable bonds is 0. The van der Waals surface area contributed by atoms with Crippen LogP contribution in [0.3, 0.4) is 0 Å². The monoisotopic (exact) mass is 236 g/mol. The molecule has 1 aromatic carbocycles. The van der Waals surface area contributed by atoms with Gasteiger partial charge < -0.3 is 0 Å². The summed E-state index contributed by atoms with van der Waals surface area (Å²) >= 11 is 2.28. The van der Waals surface area contributed by atoms with Gasteiger partial charge in [0.25, 0.3) is 0 Å². The molecule has 0 bridgehead atoms. The lowest BCUT2D eigenvalue weighted by molar-refractivity contribution is 1.65. The molecule has 0 spiro atoms. The van der Waals surface area contributed by atoms with Gasteiger partial charge in [0.15, 0.2) is 0 Å². The second-order valence-corrected chi connectivity index (χ2v) is 2.54. The van der Waals surface area contributed by atoms with Crippen LogP contribution in [0.25, 0.3) is 0 Å². The van der Waals surface area contributed by atoms with Crippen LogP contribution in [0.1, 0.15) is 0 Å². The van der Waals surface area contributed by atoms with Crippen molar-refractivity contribution in [3.63, 3.8) is 0 Å². The van der Waals surface area contributed by atoms with Gasteiger partial charge in [-0.1, -0.05) is 18.2 Å². The van der Waals surface area contributed by atoms with E-state index in [1.807, 2.05) is 18.2 Å². The summed E-state index contributed by atoms with van der Waals surface area (Å²) in [6.45, 7) is 0. The van der Waals surface area contributed by atoms with Gasteiger partial charge in [-0.15, -0.1) is 0 Å². The molecule has 0 nitrogen and oxygen atoms in total. The molecule has 1 rings (SSSR count). The largest absolute Gasteiger partial charge is 0.0622 e. The van der Waals surface area contributed by atoms with E-state index in [2.05, 4.69) is 34.7 Å². The molecule has 0 aliphatic rings. The maximum atomic E-state index is 2.28. The lowest BCUT2D eigenvalue weighted by atomic mass is 10.4. The van der Waals surface area contributed by atoms with Gasteiger partial charge in [0.05, 0.1) is 0 Å². The van der Waals surface area contributed by atoms with Crippen molar-refractivity contribution in [2.45, 2.75) is 0 Å². The summed E-state index contributed by atoms with van der Waals surface area (Å²) in [5.41, 5.74) is 0. The van der Waals surface area contributed by atoms with Crippen molar-refractivity contribution in [1.82, 2.24) is 0 Å². The molecule has 2 heteroatoms. The third kappa shape index (κ3) is 2.47. The van der Waals surface area contributed by atoms with Gasteiger partial charge in [0.2, 0.25) is 0 Å². The molecule has 0 heterocycles. The SMILES string of the molecule is Ic1ccccc1.[SiH4]. The smallest absolute Gasteiger partial charge is 0.0130 e. The zero-order valence-corrected chi connectivity index (χ0v) is 5.92. The van der Waals surface area contributed by atoms with Gasteiger partial charge in [0, 0.05) is 3.57 Å². The van der Waals surface area contributed by atoms with Crippen LogP contribution in [0.15, 0.2) is 30.3 Å².